The Kier molecular flexibility index (Phi) is 6.18. The second-order valence-electron chi connectivity index (χ2n) is 5.01. The van der Waals surface area contributed by atoms with Crippen LogP contribution in [0.1, 0.15) is 30.1 Å². The zero-order valence-corrected chi connectivity index (χ0v) is 12.3. The highest BCUT2D eigenvalue weighted by molar-refractivity contribution is 6.03. The van der Waals surface area contributed by atoms with Gasteiger partial charge >= 0.3 is 0 Å². The highest BCUT2D eigenvalue weighted by atomic mass is 16.2. The lowest BCUT2D eigenvalue weighted by molar-refractivity contribution is -0.117. The summed E-state index contributed by atoms with van der Waals surface area (Å²) in [6.07, 6.45) is 1.24. The van der Waals surface area contributed by atoms with Crippen LogP contribution >= 0.6 is 0 Å². The van der Waals surface area contributed by atoms with Crippen molar-refractivity contribution in [2.75, 3.05) is 26.0 Å². The number of benzene rings is 1. The maximum absolute atomic E-state index is 12.0. The van der Waals surface area contributed by atoms with Gasteiger partial charge in [-0.3, -0.25) is 9.59 Å². The molecule has 110 valence electrons. The molecule has 0 aromatic heterocycles. The summed E-state index contributed by atoms with van der Waals surface area (Å²) in [4.78, 5) is 25.5. The summed E-state index contributed by atoms with van der Waals surface area (Å²) in [5.41, 5.74) is 6.64. The van der Waals surface area contributed by atoms with Gasteiger partial charge in [-0.15, -0.1) is 0 Å². The predicted octanol–water partition coefficient (Wildman–Crippen LogP) is 1.70. The summed E-state index contributed by atoms with van der Waals surface area (Å²) in [6, 6.07) is 7.01. The van der Waals surface area contributed by atoms with Crippen LogP contribution in [0.5, 0.6) is 0 Å². The van der Waals surface area contributed by atoms with E-state index in [0.29, 0.717) is 24.2 Å². The summed E-state index contributed by atoms with van der Waals surface area (Å²) in [6.45, 7) is 2.50. The van der Waals surface area contributed by atoms with Crippen LogP contribution in [0, 0.1) is 5.92 Å². The molecule has 0 spiro atoms. The molecule has 0 radical (unpaired) electrons. The molecule has 2 amide bonds. The topological polar surface area (TPSA) is 75.4 Å². The maximum Gasteiger partial charge on any atom is 0.255 e. The monoisotopic (exact) mass is 277 g/mol. The summed E-state index contributed by atoms with van der Waals surface area (Å²) in [7, 11) is 3.37. The van der Waals surface area contributed by atoms with Crippen LogP contribution in [0.15, 0.2) is 24.3 Å². The van der Waals surface area contributed by atoms with Crippen molar-refractivity contribution in [3.63, 3.8) is 0 Å². The van der Waals surface area contributed by atoms with Crippen LogP contribution in [-0.4, -0.2) is 37.4 Å². The van der Waals surface area contributed by atoms with Gasteiger partial charge in [0.2, 0.25) is 5.91 Å². The van der Waals surface area contributed by atoms with E-state index in [1.807, 2.05) is 6.92 Å². The number of hydrogen-bond donors (Lipinski definition) is 2. The Labute approximate surface area is 120 Å². The van der Waals surface area contributed by atoms with Gasteiger partial charge in [-0.1, -0.05) is 25.5 Å². The molecule has 3 N–H and O–H groups in total. The van der Waals surface area contributed by atoms with E-state index in [1.165, 1.54) is 4.90 Å². The van der Waals surface area contributed by atoms with Crippen LogP contribution in [0.25, 0.3) is 0 Å². The van der Waals surface area contributed by atoms with Crippen LogP contribution in [0.2, 0.25) is 0 Å². The minimum absolute atomic E-state index is 0.110. The Morgan fingerprint density at radius 3 is 2.50 bits per heavy atom. The minimum Gasteiger partial charge on any atom is -0.345 e. The zero-order valence-electron chi connectivity index (χ0n) is 12.3. The van der Waals surface area contributed by atoms with Gasteiger partial charge in [0, 0.05) is 20.5 Å². The minimum atomic E-state index is -0.133. The largest absolute Gasteiger partial charge is 0.345 e. The Bertz CT molecular complexity index is 468. The van der Waals surface area contributed by atoms with Gasteiger partial charge in [-0.2, -0.15) is 0 Å². The Morgan fingerprint density at radius 1 is 1.30 bits per heavy atom. The molecule has 0 aliphatic heterocycles. The van der Waals surface area contributed by atoms with Crippen molar-refractivity contribution >= 4 is 17.5 Å². The summed E-state index contributed by atoms with van der Waals surface area (Å²) in [5, 5.41) is 2.80. The normalized spacial score (nSPS) is 11.8. The first-order valence-corrected chi connectivity index (χ1v) is 6.80. The molecule has 0 bridgehead atoms. The summed E-state index contributed by atoms with van der Waals surface area (Å²) in [5.74, 6) is -0.0696. The SMILES string of the molecule is CCC(CN)CC(=O)Nc1ccccc1C(=O)N(C)C. The molecule has 5 heteroatoms. The molecule has 5 nitrogen and oxygen atoms in total. The fraction of sp³-hybridized carbons (Fsp3) is 0.467. The first kappa shape index (κ1) is 16.2. The van der Waals surface area contributed by atoms with Crippen molar-refractivity contribution in [1.29, 1.82) is 0 Å². The van der Waals surface area contributed by atoms with E-state index in [4.69, 9.17) is 5.73 Å². The molecular weight excluding hydrogens is 254 g/mol. The number of hydrogen-bond acceptors (Lipinski definition) is 3. The van der Waals surface area contributed by atoms with E-state index < -0.39 is 0 Å². The quantitative estimate of drug-likeness (QED) is 0.831. The first-order valence-electron chi connectivity index (χ1n) is 6.80. The number of para-hydroxylation sites is 1. The lowest BCUT2D eigenvalue weighted by Crippen LogP contribution is -2.25. The molecule has 1 atom stereocenters. The lowest BCUT2D eigenvalue weighted by Gasteiger charge is -2.16. The van der Waals surface area contributed by atoms with Crippen LogP contribution in [0.4, 0.5) is 5.69 Å². The molecule has 1 rings (SSSR count). The number of anilines is 1. The van der Waals surface area contributed by atoms with Crippen molar-refractivity contribution in [3.05, 3.63) is 29.8 Å². The molecule has 0 aliphatic carbocycles. The molecule has 0 saturated heterocycles. The van der Waals surface area contributed by atoms with Crippen molar-refractivity contribution in [2.45, 2.75) is 19.8 Å². The number of carbonyl (C=O) groups excluding carboxylic acids is 2. The average Bonchev–Trinajstić information content (AvgIpc) is 2.44. The highest BCUT2D eigenvalue weighted by Gasteiger charge is 2.16. The van der Waals surface area contributed by atoms with E-state index in [1.54, 1.807) is 38.4 Å². The predicted molar refractivity (Wildman–Crippen MR) is 80.5 cm³/mol. The van der Waals surface area contributed by atoms with E-state index in [2.05, 4.69) is 5.32 Å². The Hall–Kier alpha value is -1.88. The number of carbonyl (C=O) groups is 2. The Balaban J connectivity index is 2.82. The fourth-order valence-corrected chi connectivity index (χ4v) is 1.88. The smallest absolute Gasteiger partial charge is 0.255 e. The Morgan fingerprint density at radius 2 is 1.95 bits per heavy atom. The molecule has 0 aliphatic rings. The van der Waals surface area contributed by atoms with Crippen LogP contribution in [0.3, 0.4) is 0 Å². The van der Waals surface area contributed by atoms with Gasteiger partial charge in [-0.25, -0.2) is 0 Å². The summed E-state index contributed by atoms with van der Waals surface area (Å²) >= 11 is 0. The zero-order chi connectivity index (χ0) is 15.1. The number of nitrogens with one attached hydrogen (secondary N) is 1. The summed E-state index contributed by atoms with van der Waals surface area (Å²) < 4.78 is 0. The van der Waals surface area contributed by atoms with Crippen LogP contribution in [-0.2, 0) is 4.79 Å². The van der Waals surface area contributed by atoms with E-state index in [9.17, 15) is 9.59 Å². The molecule has 1 aromatic carbocycles. The van der Waals surface area contributed by atoms with Crippen LogP contribution < -0.4 is 11.1 Å². The van der Waals surface area contributed by atoms with Crippen molar-refractivity contribution < 1.29 is 9.59 Å². The van der Waals surface area contributed by atoms with Crippen molar-refractivity contribution in [2.24, 2.45) is 11.7 Å². The van der Waals surface area contributed by atoms with Gasteiger partial charge in [0.05, 0.1) is 11.3 Å². The third-order valence-corrected chi connectivity index (χ3v) is 3.22. The van der Waals surface area contributed by atoms with Gasteiger partial charge in [0.25, 0.3) is 5.91 Å². The van der Waals surface area contributed by atoms with Crippen molar-refractivity contribution in [3.8, 4) is 0 Å². The van der Waals surface area contributed by atoms with Gasteiger partial charge in [-0.05, 0) is 24.6 Å². The fourth-order valence-electron chi connectivity index (χ4n) is 1.88. The third-order valence-electron chi connectivity index (χ3n) is 3.22. The lowest BCUT2D eigenvalue weighted by atomic mass is 10.0. The molecule has 20 heavy (non-hydrogen) atoms. The van der Waals surface area contributed by atoms with E-state index in [-0.39, 0.29) is 17.7 Å². The van der Waals surface area contributed by atoms with Gasteiger partial charge in [0.15, 0.2) is 0 Å². The average molecular weight is 277 g/mol. The number of nitrogens with zero attached hydrogens (tertiary/aromatic N) is 1. The highest BCUT2D eigenvalue weighted by Crippen LogP contribution is 2.17. The van der Waals surface area contributed by atoms with Crippen molar-refractivity contribution in [1.82, 2.24) is 4.90 Å². The molecular formula is C15H23N3O2. The molecule has 0 fully saturated rings. The second kappa shape index (κ2) is 7.65. The maximum atomic E-state index is 12.0. The second-order valence-corrected chi connectivity index (χ2v) is 5.01. The molecule has 1 unspecified atom stereocenters. The number of rotatable bonds is 6. The van der Waals surface area contributed by atoms with E-state index >= 15 is 0 Å². The third kappa shape index (κ3) is 4.35. The molecule has 0 saturated carbocycles. The molecule has 0 heterocycles. The number of nitrogens with two attached hydrogens (primary N) is 1. The van der Waals surface area contributed by atoms with Gasteiger partial charge < -0.3 is 16.0 Å². The van der Waals surface area contributed by atoms with Gasteiger partial charge in [0.1, 0.15) is 0 Å². The first-order chi connectivity index (χ1) is 9.49. The van der Waals surface area contributed by atoms with E-state index in [0.717, 1.165) is 6.42 Å². The number of amides is 2. The molecule has 1 aromatic rings. The standard InChI is InChI=1S/C15H23N3O2/c1-4-11(10-16)9-14(19)17-13-8-6-5-7-12(13)15(20)18(2)3/h5-8,11H,4,9-10,16H2,1-3H3,(H,17,19).